The topological polar surface area (TPSA) is 56.3 Å². The Morgan fingerprint density at radius 3 is 2.91 bits per heavy atom. The van der Waals surface area contributed by atoms with Gasteiger partial charge in [0.2, 0.25) is 0 Å². The van der Waals surface area contributed by atoms with E-state index in [1.165, 1.54) is 0 Å². The van der Waals surface area contributed by atoms with Crippen molar-refractivity contribution in [3.63, 3.8) is 0 Å². The van der Waals surface area contributed by atoms with Crippen molar-refractivity contribution in [1.82, 2.24) is 16.2 Å². The van der Waals surface area contributed by atoms with E-state index in [4.69, 9.17) is 0 Å². The van der Waals surface area contributed by atoms with Gasteiger partial charge in [-0.25, -0.2) is 0 Å². The minimum Gasteiger partial charge on any atom is -0.376 e. The van der Waals surface area contributed by atoms with E-state index in [1.54, 1.807) is 0 Å². The summed E-state index contributed by atoms with van der Waals surface area (Å²) in [6.45, 7) is 3.60. The molecule has 0 bridgehead atoms. The Balaban J connectivity index is 2.20. The van der Waals surface area contributed by atoms with Crippen molar-refractivity contribution in [2.24, 2.45) is 5.92 Å². The molecule has 0 radical (unpaired) electrons. The molecule has 0 saturated carbocycles. The van der Waals surface area contributed by atoms with E-state index >= 15 is 0 Å². The fourth-order valence-corrected chi connectivity index (χ4v) is 1.46. The molecular formula is C7H17N3O. The van der Waals surface area contributed by atoms with Crippen molar-refractivity contribution in [2.45, 2.75) is 19.1 Å². The lowest BCUT2D eigenvalue weighted by molar-refractivity contribution is 0.0412. The third kappa shape index (κ3) is 2.75. The van der Waals surface area contributed by atoms with Crippen LogP contribution in [0.2, 0.25) is 0 Å². The van der Waals surface area contributed by atoms with Crippen LogP contribution in [0.1, 0.15) is 13.3 Å². The summed E-state index contributed by atoms with van der Waals surface area (Å²) in [5.41, 5.74) is 5.24. The zero-order valence-electron chi connectivity index (χ0n) is 7.15. The first kappa shape index (κ1) is 8.93. The predicted octanol–water partition coefficient (Wildman–Crippen LogP) is -0.972. The first-order valence-electron chi connectivity index (χ1n) is 4.01. The van der Waals surface area contributed by atoms with Crippen LogP contribution < -0.4 is 16.2 Å². The van der Waals surface area contributed by atoms with Crippen LogP contribution in [-0.4, -0.2) is 31.0 Å². The predicted molar refractivity (Wildman–Crippen MR) is 43.8 cm³/mol. The maximum absolute atomic E-state index is 9.50. The highest BCUT2D eigenvalue weighted by Crippen LogP contribution is 2.19. The van der Waals surface area contributed by atoms with Gasteiger partial charge in [0.25, 0.3) is 0 Å². The molecule has 4 nitrogen and oxygen atoms in total. The number of hydrazine groups is 1. The lowest BCUT2D eigenvalue weighted by atomic mass is 10.1. The minimum absolute atomic E-state index is 0.525. The van der Waals surface area contributed by atoms with Gasteiger partial charge in [-0.15, -0.1) is 0 Å². The SMILES string of the molecule is CNNCC1CNC(C)(O)C1. The van der Waals surface area contributed by atoms with E-state index in [0.29, 0.717) is 5.92 Å². The summed E-state index contributed by atoms with van der Waals surface area (Å²) in [6.07, 6.45) is 0.821. The van der Waals surface area contributed by atoms with Crippen LogP contribution in [0.5, 0.6) is 0 Å². The highest BCUT2D eigenvalue weighted by atomic mass is 16.3. The van der Waals surface area contributed by atoms with Gasteiger partial charge in [-0.05, 0) is 26.3 Å². The molecule has 0 amide bonds. The molecule has 4 heteroatoms. The third-order valence-corrected chi connectivity index (χ3v) is 2.03. The second-order valence-electron chi connectivity index (χ2n) is 3.36. The Morgan fingerprint density at radius 2 is 2.45 bits per heavy atom. The molecule has 0 aromatic rings. The number of rotatable bonds is 3. The van der Waals surface area contributed by atoms with Gasteiger partial charge in [0, 0.05) is 13.1 Å². The molecule has 2 unspecified atom stereocenters. The van der Waals surface area contributed by atoms with Crippen LogP contribution in [0.3, 0.4) is 0 Å². The molecule has 1 aliphatic heterocycles. The Morgan fingerprint density at radius 1 is 1.73 bits per heavy atom. The second kappa shape index (κ2) is 3.49. The standard InChI is InChI=1S/C7H17N3O/c1-7(11)3-6(4-9-7)5-10-8-2/h6,8-11H,3-5H2,1-2H3. The van der Waals surface area contributed by atoms with Crippen molar-refractivity contribution in [3.05, 3.63) is 0 Å². The molecule has 0 spiro atoms. The van der Waals surface area contributed by atoms with Crippen LogP contribution >= 0.6 is 0 Å². The summed E-state index contributed by atoms with van der Waals surface area (Å²) in [5, 5.41) is 12.5. The molecule has 4 N–H and O–H groups in total. The van der Waals surface area contributed by atoms with Gasteiger partial charge in [0.05, 0.1) is 0 Å². The van der Waals surface area contributed by atoms with Crippen LogP contribution in [0, 0.1) is 5.92 Å². The zero-order valence-corrected chi connectivity index (χ0v) is 7.15. The number of hydrogen-bond acceptors (Lipinski definition) is 4. The molecule has 1 fully saturated rings. The highest BCUT2D eigenvalue weighted by Gasteiger charge is 2.31. The van der Waals surface area contributed by atoms with E-state index in [-0.39, 0.29) is 0 Å². The summed E-state index contributed by atoms with van der Waals surface area (Å²) in [4.78, 5) is 0. The summed E-state index contributed by atoms with van der Waals surface area (Å²) in [7, 11) is 1.85. The molecule has 1 rings (SSSR count). The highest BCUT2D eigenvalue weighted by molar-refractivity contribution is 4.84. The molecule has 1 aliphatic rings. The second-order valence-corrected chi connectivity index (χ2v) is 3.36. The van der Waals surface area contributed by atoms with E-state index in [1.807, 2.05) is 14.0 Å². The number of nitrogens with one attached hydrogen (secondary N) is 3. The summed E-state index contributed by atoms with van der Waals surface area (Å²) in [5.74, 6) is 0.525. The summed E-state index contributed by atoms with van der Waals surface area (Å²) in [6, 6.07) is 0. The van der Waals surface area contributed by atoms with E-state index < -0.39 is 5.72 Å². The van der Waals surface area contributed by atoms with Crippen LogP contribution in [0.25, 0.3) is 0 Å². The normalized spacial score (nSPS) is 37.9. The fraction of sp³-hybridized carbons (Fsp3) is 1.00. The maximum Gasteiger partial charge on any atom is 0.113 e. The van der Waals surface area contributed by atoms with Crippen molar-refractivity contribution in [1.29, 1.82) is 0 Å². The van der Waals surface area contributed by atoms with E-state index in [2.05, 4.69) is 16.2 Å². The van der Waals surface area contributed by atoms with Gasteiger partial charge in [0.1, 0.15) is 5.72 Å². The van der Waals surface area contributed by atoms with Gasteiger partial charge < -0.3 is 5.11 Å². The number of hydrogen-bond donors (Lipinski definition) is 4. The molecule has 66 valence electrons. The molecule has 11 heavy (non-hydrogen) atoms. The molecule has 0 aromatic heterocycles. The van der Waals surface area contributed by atoms with Crippen LogP contribution in [-0.2, 0) is 0 Å². The molecule has 1 saturated heterocycles. The lowest BCUT2D eigenvalue weighted by Gasteiger charge is -2.15. The van der Waals surface area contributed by atoms with Gasteiger partial charge in [-0.3, -0.25) is 16.2 Å². The smallest absolute Gasteiger partial charge is 0.113 e. The maximum atomic E-state index is 9.50. The van der Waals surface area contributed by atoms with Crippen molar-refractivity contribution < 1.29 is 5.11 Å². The monoisotopic (exact) mass is 159 g/mol. The minimum atomic E-state index is -0.653. The van der Waals surface area contributed by atoms with Gasteiger partial charge >= 0.3 is 0 Å². The Hall–Kier alpha value is -0.160. The Labute approximate surface area is 67.3 Å². The first-order valence-corrected chi connectivity index (χ1v) is 4.01. The van der Waals surface area contributed by atoms with E-state index in [9.17, 15) is 5.11 Å². The van der Waals surface area contributed by atoms with Gasteiger partial charge in [0.15, 0.2) is 0 Å². The summed E-state index contributed by atoms with van der Waals surface area (Å²) >= 11 is 0. The molecule has 1 heterocycles. The average molecular weight is 159 g/mol. The molecule has 0 aliphatic carbocycles. The van der Waals surface area contributed by atoms with Crippen molar-refractivity contribution >= 4 is 0 Å². The molecule has 0 aromatic carbocycles. The Kier molecular flexibility index (Phi) is 2.84. The van der Waals surface area contributed by atoms with Crippen molar-refractivity contribution in [2.75, 3.05) is 20.1 Å². The number of aliphatic hydroxyl groups is 1. The summed E-state index contributed by atoms with van der Waals surface area (Å²) < 4.78 is 0. The first-order chi connectivity index (χ1) is 5.14. The molecule has 2 atom stereocenters. The zero-order chi connectivity index (χ0) is 8.32. The van der Waals surface area contributed by atoms with Crippen LogP contribution in [0.4, 0.5) is 0 Å². The van der Waals surface area contributed by atoms with E-state index in [0.717, 1.165) is 19.5 Å². The van der Waals surface area contributed by atoms with Crippen molar-refractivity contribution in [3.8, 4) is 0 Å². The van der Waals surface area contributed by atoms with Crippen LogP contribution in [0.15, 0.2) is 0 Å². The van der Waals surface area contributed by atoms with Gasteiger partial charge in [-0.2, -0.15) is 0 Å². The average Bonchev–Trinajstić information content (AvgIpc) is 2.26. The van der Waals surface area contributed by atoms with Gasteiger partial charge in [-0.1, -0.05) is 0 Å². The fourth-order valence-electron chi connectivity index (χ4n) is 1.46. The lowest BCUT2D eigenvalue weighted by Crippen LogP contribution is -2.35. The largest absolute Gasteiger partial charge is 0.376 e. The third-order valence-electron chi connectivity index (χ3n) is 2.03. The Bertz CT molecular complexity index is 127. The quantitative estimate of drug-likeness (QED) is 0.400. The molecular weight excluding hydrogens is 142 g/mol.